The van der Waals surface area contributed by atoms with Gasteiger partial charge in [-0.15, -0.1) is 0 Å². The Morgan fingerprint density at radius 3 is 2.09 bits per heavy atom. The fourth-order valence-corrected chi connectivity index (χ4v) is 4.11. The summed E-state index contributed by atoms with van der Waals surface area (Å²) in [5, 5.41) is 0. The SMILES string of the molecule is C.CC.CC(C)(C)OC(=O)N1CCC(CC(N)C(=O)N2CCN(c3ccncc3)CC2)CC1. The average Bonchev–Trinajstić information content (AvgIpc) is 2.80. The molecule has 0 bridgehead atoms. The van der Waals surface area contributed by atoms with Crippen LogP contribution in [0.15, 0.2) is 24.5 Å². The van der Waals surface area contributed by atoms with E-state index in [1.807, 2.05) is 51.7 Å². The minimum atomic E-state index is -0.482. The quantitative estimate of drug-likeness (QED) is 0.731. The zero-order valence-corrected chi connectivity index (χ0v) is 20.4. The first-order chi connectivity index (χ1) is 15.2. The van der Waals surface area contributed by atoms with Crippen molar-refractivity contribution in [2.45, 2.75) is 73.0 Å². The lowest BCUT2D eigenvalue weighted by atomic mass is 9.90. The van der Waals surface area contributed by atoms with Crippen molar-refractivity contribution in [3.8, 4) is 0 Å². The minimum absolute atomic E-state index is 0. The summed E-state index contributed by atoms with van der Waals surface area (Å²) in [6, 6.07) is 3.51. The topological polar surface area (TPSA) is 92.0 Å². The second-order valence-electron chi connectivity index (χ2n) is 9.27. The third-order valence-corrected chi connectivity index (χ3v) is 5.79. The maximum Gasteiger partial charge on any atom is 0.410 e. The molecule has 0 aliphatic carbocycles. The summed E-state index contributed by atoms with van der Waals surface area (Å²) in [5.41, 5.74) is 6.94. The van der Waals surface area contributed by atoms with Crippen molar-refractivity contribution in [3.05, 3.63) is 24.5 Å². The molecule has 8 nitrogen and oxygen atoms in total. The molecule has 1 aromatic rings. The van der Waals surface area contributed by atoms with Crippen LogP contribution in [-0.4, -0.2) is 77.7 Å². The first-order valence-corrected chi connectivity index (χ1v) is 11.9. The van der Waals surface area contributed by atoms with Crippen LogP contribution < -0.4 is 10.6 Å². The molecule has 2 aliphatic heterocycles. The average molecular weight is 464 g/mol. The minimum Gasteiger partial charge on any atom is -0.444 e. The molecule has 188 valence electrons. The van der Waals surface area contributed by atoms with Crippen LogP contribution in [0.2, 0.25) is 0 Å². The molecule has 2 amide bonds. The van der Waals surface area contributed by atoms with Crippen LogP contribution in [0.4, 0.5) is 10.5 Å². The number of pyridine rings is 1. The van der Waals surface area contributed by atoms with Gasteiger partial charge >= 0.3 is 6.09 Å². The number of amides is 2. The monoisotopic (exact) mass is 463 g/mol. The highest BCUT2D eigenvalue weighted by Crippen LogP contribution is 2.24. The zero-order chi connectivity index (χ0) is 23.7. The van der Waals surface area contributed by atoms with Crippen molar-refractivity contribution >= 4 is 17.7 Å². The van der Waals surface area contributed by atoms with Gasteiger partial charge in [0.15, 0.2) is 0 Å². The molecule has 33 heavy (non-hydrogen) atoms. The van der Waals surface area contributed by atoms with Gasteiger partial charge in [-0.2, -0.15) is 0 Å². The number of carbonyl (C=O) groups excluding carboxylic acids is 2. The Labute approximate surface area is 200 Å². The maximum absolute atomic E-state index is 12.8. The van der Waals surface area contributed by atoms with Gasteiger partial charge in [-0.25, -0.2) is 4.79 Å². The molecular weight excluding hydrogens is 418 g/mol. The second kappa shape index (κ2) is 13.4. The Balaban J connectivity index is 0.00000177. The van der Waals surface area contributed by atoms with E-state index in [2.05, 4.69) is 9.88 Å². The third-order valence-electron chi connectivity index (χ3n) is 5.79. The number of anilines is 1. The molecule has 3 heterocycles. The van der Waals surface area contributed by atoms with Gasteiger partial charge in [-0.05, 0) is 58.1 Å². The van der Waals surface area contributed by atoms with Crippen LogP contribution in [0.1, 0.15) is 61.3 Å². The molecule has 1 atom stereocenters. The van der Waals surface area contributed by atoms with Crippen LogP contribution in [0, 0.1) is 5.92 Å². The lowest BCUT2D eigenvalue weighted by molar-refractivity contribution is -0.133. The fraction of sp³-hybridized carbons (Fsp3) is 0.720. The van der Waals surface area contributed by atoms with Crippen LogP contribution in [0.3, 0.4) is 0 Å². The molecule has 2 N–H and O–H groups in total. The van der Waals surface area contributed by atoms with Gasteiger partial charge in [0, 0.05) is 57.3 Å². The van der Waals surface area contributed by atoms with Crippen molar-refractivity contribution in [2.24, 2.45) is 11.7 Å². The number of aromatic nitrogens is 1. The first-order valence-electron chi connectivity index (χ1n) is 11.9. The number of nitrogens with two attached hydrogens (primary N) is 1. The lowest BCUT2D eigenvalue weighted by Gasteiger charge is -2.38. The standard InChI is InChI=1S/C22H35N5O3.C2H6.CH4/c1-22(2,3)30-21(29)27-10-6-17(7-11-27)16-19(23)20(28)26-14-12-25(13-15-26)18-4-8-24-9-5-18;1-2;/h4-5,8-9,17,19H,6-7,10-16,23H2,1-3H3;1-2H3;1H4. The Kier molecular flexibility index (Phi) is 11.6. The van der Waals surface area contributed by atoms with Crippen molar-refractivity contribution < 1.29 is 14.3 Å². The van der Waals surface area contributed by atoms with E-state index in [-0.39, 0.29) is 19.4 Å². The van der Waals surface area contributed by atoms with Crippen molar-refractivity contribution in [2.75, 3.05) is 44.2 Å². The molecule has 0 aromatic carbocycles. The third kappa shape index (κ3) is 8.84. The summed E-state index contributed by atoms with van der Waals surface area (Å²) < 4.78 is 5.45. The molecule has 8 heteroatoms. The molecule has 2 saturated heterocycles. The number of carbonyl (C=O) groups is 2. The van der Waals surface area contributed by atoms with Crippen LogP contribution >= 0.6 is 0 Å². The molecule has 0 radical (unpaired) electrons. The molecule has 0 spiro atoms. The zero-order valence-electron chi connectivity index (χ0n) is 20.4. The largest absolute Gasteiger partial charge is 0.444 e. The number of piperidine rings is 1. The predicted molar refractivity (Wildman–Crippen MR) is 134 cm³/mol. The van der Waals surface area contributed by atoms with E-state index < -0.39 is 11.6 Å². The summed E-state index contributed by atoms with van der Waals surface area (Å²) in [6.07, 6.45) is 5.71. The van der Waals surface area contributed by atoms with Crippen molar-refractivity contribution in [1.82, 2.24) is 14.8 Å². The number of nitrogens with zero attached hydrogens (tertiary/aromatic N) is 4. The summed E-state index contributed by atoms with van der Waals surface area (Å²) in [7, 11) is 0. The predicted octanol–water partition coefficient (Wildman–Crippen LogP) is 3.76. The molecule has 2 fully saturated rings. The smallest absolute Gasteiger partial charge is 0.410 e. The Morgan fingerprint density at radius 2 is 1.58 bits per heavy atom. The molecule has 1 aromatic heterocycles. The number of ether oxygens (including phenoxy) is 1. The Hall–Kier alpha value is -2.35. The molecule has 3 rings (SSSR count). The van der Waals surface area contributed by atoms with E-state index in [1.165, 1.54) is 0 Å². The molecular formula is C25H45N5O3. The van der Waals surface area contributed by atoms with Gasteiger partial charge in [0.25, 0.3) is 0 Å². The fourth-order valence-electron chi connectivity index (χ4n) is 4.11. The normalized spacial score (nSPS) is 17.9. The van der Waals surface area contributed by atoms with E-state index in [0.717, 1.165) is 31.6 Å². The maximum atomic E-state index is 12.8. The van der Waals surface area contributed by atoms with Gasteiger partial charge in [0.05, 0.1) is 6.04 Å². The highest BCUT2D eigenvalue weighted by Gasteiger charge is 2.31. The summed E-state index contributed by atoms with van der Waals surface area (Å²) >= 11 is 0. The second-order valence-corrected chi connectivity index (χ2v) is 9.27. The summed E-state index contributed by atoms with van der Waals surface area (Å²) in [6.45, 7) is 13.9. The number of hydrogen-bond donors (Lipinski definition) is 1. The van der Waals surface area contributed by atoms with Gasteiger partial charge in [-0.3, -0.25) is 9.78 Å². The molecule has 0 saturated carbocycles. The van der Waals surface area contributed by atoms with Crippen LogP contribution in [-0.2, 0) is 9.53 Å². The van der Waals surface area contributed by atoms with Crippen LogP contribution in [0.25, 0.3) is 0 Å². The Morgan fingerprint density at radius 1 is 1.03 bits per heavy atom. The summed E-state index contributed by atoms with van der Waals surface area (Å²) in [5.74, 6) is 0.402. The van der Waals surface area contributed by atoms with E-state index >= 15 is 0 Å². The first kappa shape index (κ1) is 28.7. The van der Waals surface area contributed by atoms with E-state index in [4.69, 9.17) is 10.5 Å². The van der Waals surface area contributed by atoms with Gasteiger partial charge < -0.3 is 25.2 Å². The van der Waals surface area contributed by atoms with Gasteiger partial charge in [0.2, 0.25) is 5.91 Å². The van der Waals surface area contributed by atoms with Crippen molar-refractivity contribution in [1.29, 1.82) is 0 Å². The highest BCUT2D eigenvalue weighted by atomic mass is 16.6. The Bertz CT molecular complexity index is 707. The number of rotatable bonds is 4. The van der Waals surface area contributed by atoms with Crippen molar-refractivity contribution in [3.63, 3.8) is 0 Å². The van der Waals surface area contributed by atoms with Gasteiger partial charge in [0.1, 0.15) is 5.60 Å². The number of piperazine rings is 1. The lowest BCUT2D eigenvalue weighted by Crippen LogP contribution is -2.53. The molecule has 2 aliphatic rings. The van der Waals surface area contributed by atoms with E-state index in [1.54, 1.807) is 17.3 Å². The number of hydrogen-bond acceptors (Lipinski definition) is 6. The summed E-state index contributed by atoms with van der Waals surface area (Å²) in [4.78, 5) is 35.0. The van der Waals surface area contributed by atoms with E-state index in [0.29, 0.717) is 38.5 Å². The van der Waals surface area contributed by atoms with Crippen LogP contribution in [0.5, 0.6) is 0 Å². The number of likely N-dealkylation sites (tertiary alicyclic amines) is 1. The highest BCUT2D eigenvalue weighted by molar-refractivity contribution is 5.82. The van der Waals surface area contributed by atoms with E-state index in [9.17, 15) is 9.59 Å². The molecule has 1 unspecified atom stereocenters. The van der Waals surface area contributed by atoms with Gasteiger partial charge in [-0.1, -0.05) is 21.3 Å².